The van der Waals surface area contributed by atoms with Crippen LogP contribution in [0.15, 0.2) is 40.9 Å². The number of rotatable bonds is 4. The van der Waals surface area contributed by atoms with E-state index in [9.17, 15) is 4.79 Å². The van der Waals surface area contributed by atoms with Crippen molar-refractivity contribution < 1.29 is 14.3 Å². The molecular formula is C18H18BrNO3. The topological polar surface area (TPSA) is 38.8 Å². The minimum atomic E-state index is -0.166. The molecule has 1 atom stereocenters. The number of nitrogens with zero attached hydrogens (tertiary/aromatic N) is 1. The number of ether oxygens (including phenoxy) is 2. The van der Waals surface area contributed by atoms with Gasteiger partial charge in [0, 0.05) is 12.7 Å². The lowest BCUT2D eigenvalue weighted by Crippen LogP contribution is -2.24. The summed E-state index contributed by atoms with van der Waals surface area (Å²) in [5, 5.41) is 0. The van der Waals surface area contributed by atoms with E-state index in [4.69, 9.17) is 9.47 Å². The zero-order valence-corrected chi connectivity index (χ0v) is 14.9. The maximum Gasteiger partial charge on any atom is 0.234 e. The van der Waals surface area contributed by atoms with Gasteiger partial charge in [-0.25, -0.2) is 0 Å². The molecule has 0 saturated carbocycles. The first-order valence-electron chi connectivity index (χ1n) is 7.33. The number of hydrogen-bond acceptors (Lipinski definition) is 3. The highest BCUT2D eigenvalue weighted by Gasteiger charge is 2.34. The molecule has 0 spiro atoms. The van der Waals surface area contributed by atoms with Crippen LogP contribution in [0.5, 0.6) is 11.5 Å². The average Bonchev–Trinajstić information content (AvgIpc) is 2.80. The van der Waals surface area contributed by atoms with Crippen molar-refractivity contribution >= 4 is 27.5 Å². The molecule has 1 aliphatic heterocycles. The van der Waals surface area contributed by atoms with Gasteiger partial charge in [-0.05, 0) is 51.7 Å². The average molecular weight is 376 g/mol. The fourth-order valence-corrected chi connectivity index (χ4v) is 3.75. The maximum atomic E-state index is 12.6. The zero-order chi connectivity index (χ0) is 16.6. The summed E-state index contributed by atoms with van der Waals surface area (Å²) >= 11 is 3.51. The molecule has 0 radical (unpaired) electrons. The monoisotopic (exact) mass is 375 g/mol. The molecule has 0 fully saturated rings. The molecule has 4 nitrogen and oxygen atoms in total. The smallest absolute Gasteiger partial charge is 0.234 e. The van der Waals surface area contributed by atoms with E-state index in [1.807, 2.05) is 43.4 Å². The van der Waals surface area contributed by atoms with Crippen LogP contribution in [0.2, 0.25) is 0 Å². The molecule has 2 aromatic carbocycles. The van der Waals surface area contributed by atoms with Crippen molar-refractivity contribution in [1.82, 2.24) is 0 Å². The summed E-state index contributed by atoms with van der Waals surface area (Å²) in [5.41, 5.74) is 3.09. The third kappa shape index (κ3) is 2.70. The van der Waals surface area contributed by atoms with Gasteiger partial charge in [-0.15, -0.1) is 0 Å². The number of anilines is 1. The number of likely N-dealkylation sites (N-methyl/N-ethyl adjacent to an activating group) is 1. The van der Waals surface area contributed by atoms with Crippen molar-refractivity contribution in [2.24, 2.45) is 0 Å². The Bertz CT molecular complexity index is 760. The Hall–Kier alpha value is -2.01. The van der Waals surface area contributed by atoms with Crippen LogP contribution in [0.25, 0.3) is 0 Å². The van der Waals surface area contributed by atoms with Crippen LogP contribution >= 0.6 is 15.9 Å². The molecule has 23 heavy (non-hydrogen) atoms. The van der Waals surface area contributed by atoms with Crippen molar-refractivity contribution in [2.75, 3.05) is 26.2 Å². The molecule has 1 heterocycles. The molecule has 0 aromatic heterocycles. The van der Waals surface area contributed by atoms with Gasteiger partial charge >= 0.3 is 0 Å². The van der Waals surface area contributed by atoms with Gasteiger partial charge in [0.1, 0.15) is 0 Å². The first kappa shape index (κ1) is 15.9. The molecule has 0 aliphatic carbocycles. The van der Waals surface area contributed by atoms with E-state index in [-0.39, 0.29) is 11.8 Å². The zero-order valence-electron chi connectivity index (χ0n) is 13.3. The number of carbonyl (C=O) groups is 1. The van der Waals surface area contributed by atoms with E-state index in [1.54, 1.807) is 19.1 Å². The SMILES string of the molecule is COc1cc(CC2C(=O)N(C)c3ccccc32)cc(Br)c1OC. The number of amides is 1. The molecule has 2 aromatic rings. The standard InChI is InChI=1S/C18H18BrNO3/c1-20-15-7-5-4-6-12(15)13(18(20)21)8-11-9-14(19)17(23-3)16(10-11)22-2/h4-7,9-10,13H,8H2,1-3H3. The molecule has 1 aliphatic rings. The van der Waals surface area contributed by atoms with Gasteiger partial charge in [-0.3, -0.25) is 4.79 Å². The first-order chi connectivity index (χ1) is 11.1. The second-order valence-corrected chi connectivity index (χ2v) is 6.38. The fraction of sp³-hybridized carbons (Fsp3) is 0.278. The van der Waals surface area contributed by atoms with E-state index in [2.05, 4.69) is 15.9 Å². The van der Waals surface area contributed by atoms with Gasteiger partial charge in [0.2, 0.25) is 5.91 Å². The van der Waals surface area contributed by atoms with Crippen molar-refractivity contribution in [3.8, 4) is 11.5 Å². The highest BCUT2D eigenvalue weighted by Crippen LogP contribution is 2.41. The largest absolute Gasteiger partial charge is 0.493 e. The third-order valence-electron chi connectivity index (χ3n) is 4.24. The van der Waals surface area contributed by atoms with E-state index >= 15 is 0 Å². The second kappa shape index (κ2) is 6.24. The van der Waals surface area contributed by atoms with Crippen LogP contribution in [-0.2, 0) is 11.2 Å². The number of carbonyl (C=O) groups excluding carboxylic acids is 1. The lowest BCUT2D eigenvalue weighted by Gasteiger charge is -2.15. The summed E-state index contributed by atoms with van der Waals surface area (Å²) in [5.74, 6) is 1.27. The van der Waals surface area contributed by atoms with Crippen LogP contribution in [0, 0.1) is 0 Å². The van der Waals surface area contributed by atoms with Crippen LogP contribution in [0.4, 0.5) is 5.69 Å². The molecule has 0 saturated heterocycles. The minimum absolute atomic E-state index is 0.122. The predicted octanol–water partition coefficient (Wildman–Crippen LogP) is 3.77. The van der Waals surface area contributed by atoms with Crippen LogP contribution in [0.1, 0.15) is 17.0 Å². The second-order valence-electron chi connectivity index (χ2n) is 5.53. The summed E-state index contributed by atoms with van der Waals surface area (Å²) < 4.78 is 11.5. The summed E-state index contributed by atoms with van der Waals surface area (Å²) in [4.78, 5) is 14.3. The molecular weight excluding hydrogens is 358 g/mol. The lowest BCUT2D eigenvalue weighted by atomic mass is 9.93. The highest BCUT2D eigenvalue weighted by atomic mass is 79.9. The Morgan fingerprint density at radius 1 is 1.17 bits per heavy atom. The molecule has 1 amide bonds. The van der Waals surface area contributed by atoms with E-state index in [0.29, 0.717) is 17.9 Å². The Labute approximate surface area is 144 Å². The first-order valence-corrected chi connectivity index (χ1v) is 8.13. The van der Waals surface area contributed by atoms with Gasteiger partial charge in [0.05, 0.1) is 24.6 Å². The molecule has 5 heteroatoms. The van der Waals surface area contributed by atoms with Crippen molar-refractivity contribution in [2.45, 2.75) is 12.3 Å². The lowest BCUT2D eigenvalue weighted by molar-refractivity contribution is -0.119. The Balaban J connectivity index is 1.97. The normalized spacial score (nSPS) is 16.4. The van der Waals surface area contributed by atoms with E-state index in [0.717, 1.165) is 21.3 Å². The molecule has 0 bridgehead atoms. The highest BCUT2D eigenvalue weighted by molar-refractivity contribution is 9.10. The number of halogens is 1. The molecule has 1 unspecified atom stereocenters. The number of fused-ring (bicyclic) bond motifs is 1. The quantitative estimate of drug-likeness (QED) is 0.816. The predicted molar refractivity (Wildman–Crippen MR) is 93.5 cm³/mol. The number of hydrogen-bond donors (Lipinski definition) is 0. The van der Waals surface area contributed by atoms with Crippen LogP contribution in [0.3, 0.4) is 0 Å². The summed E-state index contributed by atoms with van der Waals surface area (Å²) in [6.07, 6.45) is 0.624. The number of methoxy groups -OCH3 is 2. The Kier molecular flexibility index (Phi) is 4.31. The Morgan fingerprint density at radius 3 is 2.61 bits per heavy atom. The minimum Gasteiger partial charge on any atom is -0.493 e. The van der Waals surface area contributed by atoms with Crippen LogP contribution in [-0.4, -0.2) is 27.2 Å². The van der Waals surface area contributed by atoms with Crippen molar-refractivity contribution in [1.29, 1.82) is 0 Å². The Morgan fingerprint density at radius 2 is 1.91 bits per heavy atom. The summed E-state index contributed by atoms with van der Waals surface area (Å²) in [6, 6.07) is 11.9. The summed E-state index contributed by atoms with van der Waals surface area (Å²) in [6.45, 7) is 0. The van der Waals surface area contributed by atoms with Gasteiger partial charge in [-0.1, -0.05) is 18.2 Å². The number of benzene rings is 2. The molecule has 120 valence electrons. The van der Waals surface area contributed by atoms with E-state index < -0.39 is 0 Å². The van der Waals surface area contributed by atoms with Crippen molar-refractivity contribution in [3.63, 3.8) is 0 Å². The number of para-hydroxylation sites is 1. The maximum absolute atomic E-state index is 12.6. The van der Waals surface area contributed by atoms with Gasteiger partial charge in [0.15, 0.2) is 11.5 Å². The summed E-state index contributed by atoms with van der Waals surface area (Å²) in [7, 11) is 5.04. The van der Waals surface area contributed by atoms with Gasteiger partial charge in [-0.2, -0.15) is 0 Å². The molecule has 0 N–H and O–H groups in total. The van der Waals surface area contributed by atoms with Crippen LogP contribution < -0.4 is 14.4 Å². The van der Waals surface area contributed by atoms with Gasteiger partial charge < -0.3 is 14.4 Å². The third-order valence-corrected chi connectivity index (χ3v) is 4.82. The fourth-order valence-electron chi connectivity index (χ4n) is 3.10. The van der Waals surface area contributed by atoms with Crippen molar-refractivity contribution in [3.05, 3.63) is 52.0 Å². The van der Waals surface area contributed by atoms with Gasteiger partial charge in [0.25, 0.3) is 0 Å². The van der Waals surface area contributed by atoms with E-state index in [1.165, 1.54) is 0 Å². The molecule has 3 rings (SSSR count).